The number of hydrazone groups is 1. The summed E-state index contributed by atoms with van der Waals surface area (Å²) in [4.78, 5) is 22.3. The van der Waals surface area contributed by atoms with E-state index in [1.807, 2.05) is 48.5 Å². The number of nitrogens with zero attached hydrogens (tertiary/aromatic N) is 2. The van der Waals surface area contributed by atoms with Crippen LogP contribution in [0.25, 0.3) is 0 Å². The SMILES string of the molecule is O=C(N/N=C\c1cc(Br)ccc1OCc1ccccc1)c1ccc([N+](=O)[O-])cc1. The molecule has 1 N–H and O–H groups in total. The van der Waals surface area contributed by atoms with E-state index in [0.29, 0.717) is 17.9 Å². The highest BCUT2D eigenvalue weighted by Gasteiger charge is 2.09. The van der Waals surface area contributed by atoms with Crippen LogP contribution in [0.1, 0.15) is 21.5 Å². The Hall–Kier alpha value is -3.52. The molecule has 1 amide bonds. The van der Waals surface area contributed by atoms with Gasteiger partial charge in [-0.2, -0.15) is 5.10 Å². The molecule has 0 aliphatic rings. The number of amides is 1. The Kier molecular flexibility index (Phi) is 6.70. The molecule has 3 aromatic carbocycles. The zero-order valence-corrected chi connectivity index (χ0v) is 16.7. The number of benzene rings is 3. The van der Waals surface area contributed by atoms with Crippen molar-refractivity contribution in [1.82, 2.24) is 5.43 Å². The van der Waals surface area contributed by atoms with Crippen LogP contribution in [0.4, 0.5) is 5.69 Å². The molecule has 3 rings (SSSR count). The van der Waals surface area contributed by atoms with Crippen LogP contribution in [0.2, 0.25) is 0 Å². The van der Waals surface area contributed by atoms with Crippen molar-refractivity contribution in [1.29, 1.82) is 0 Å². The van der Waals surface area contributed by atoms with Crippen molar-refractivity contribution in [3.63, 3.8) is 0 Å². The minimum absolute atomic E-state index is 0.0839. The highest BCUT2D eigenvalue weighted by Crippen LogP contribution is 2.23. The predicted octanol–water partition coefficient (Wildman–Crippen LogP) is 4.70. The number of hydrogen-bond donors (Lipinski definition) is 1. The van der Waals surface area contributed by atoms with E-state index in [4.69, 9.17) is 4.74 Å². The van der Waals surface area contributed by atoms with Crippen molar-refractivity contribution in [3.8, 4) is 5.75 Å². The average Bonchev–Trinajstić information content (AvgIpc) is 2.74. The maximum atomic E-state index is 12.1. The van der Waals surface area contributed by atoms with Crippen molar-refractivity contribution in [3.05, 3.63) is 104 Å². The number of carbonyl (C=O) groups excluding carboxylic acids is 1. The first kappa shape index (κ1) is 20.2. The number of carbonyl (C=O) groups is 1. The Bertz CT molecular complexity index is 1040. The van der Waals surface area contributed by atoms with E-state index in [9.17, 15) is 14.9 Å². The van der Waals surface area contributed by atoms with E-state index >= 15 is 0 Å². The summed E-state index contributed by atoms with van der Waals surface area (Å²) in [5.74, 6) is 0.142. The van der Waals surface area contributed by atoms with Gasteiger partial charge in [0.15, 0.2) is 0 Å². The fourth-order valence-electron chi connectivity index (χ4n) is 2.45. The summed E-state index contributed by atoms with van der Waals surface area (Å²) in [7, 11) is 0. The normalized spacial score (nSPS) is 10.7. The van der Waals surface area contributed by atoms with Gasteiger partial charge < -0.3 is 4.74 Å². The lowest BCUT2D eigenvalue weighted by Crippen LogP contribution is -2.17. The van der Waals surface area contributed by atoms with Crippen molar-refractivity contribution >= 4 is 33.7 Å². The molecule has 7 nitrogen and oxygen atoms in total. The number of ether oxygens (including phenoxy) is 1. The van der Waals surface area contributed by atoms with Crippen LogP contribution in [-0.4, -0.2) is 17.0 Å². The number of hydrogen-bond acceptors (Lipinski definition) is 5. The minimum Gasteiger partial charge on any atom is -0.488 e. The molecule has 0 aromatic heterocycles. The van der Waals surface area contributed by atoms with Gasteiger partial charge in [-0.1, -0.05) is 46.3 Å². The smallest absolute Gasteiger partial charge is 0.271 e. The van der Waals surface area contributed by atoms with Gasteiger partial charge in [-0.25, -0.2) is 5.43 Å². The molecule has 29 heavy (non-hydrogen) atoms. The van der Waals surface area contributed by atoms with Gasteiger partial charge in [0.1, 0.15) is 12.4 Å². The topological polar surface area (TPSA) is 93.8 Å². The molecule has 0 fully saturated rings. The number of non-ortho nitro benzene ring substituents is 1. The van der Waals surface area contributed by atoms with Crippen LogP contribution in [0, 0.1) is 10.1 Å². The first-order valence-corrected chi connectivity index (χ1v) is 9.36. The second-order valence-electron chi connectivity index (χ2n) is 5.96. The standard InChI is InChI=1S/C21H16BrN3O4/c22-18-8-11-20(29-14-15-4-2-1-3-5-15)17(12-18)13-23-24-21(26)16-6-9-19(10-7-16)25(27)28/h1-13H,14H2,(H,24,26)/b23-13-. The average molecular weight is 454 g/mol. The molecule has 0 atom stereocenters. The Labute approximate surface area is 175 Å². The predicted molar refractivity (Wildman–Crippen MR) is 113 cm³/mol. The first-order valence-electron chi connectivity index (χ1n) is 8.57. The lowest BCUT2D eigenvalue weighted by Gasteiger charge is -2.09. The van der Waals surface area contributed by atoms with Crippen LogP contribution >= 0.6 is 15.9 Å². The van der Waals surface area contributed by atoms with Gasteiger partial charge in [0.05, 0.1) is 11.1 Å². The van der Waals surface area contributed by atoms with E-state index in [1.54, 1.807) is 0 Å². The molecule has 0 heterocycles. The molecular weight excluding hydrogens is 438 g/mol. The van der Waals surface area contributed by atoms with E-state index in [2.05, 4.69) is 26.5 Å². The zero-order valence-electron chi connectivity index (χ0n) is 15.1. The summed E-state index contributed by atoms with van der Waals surface area (Å²) >= 11 is 3.41. The van der Waals surface area contributed by atoms with Crippen molar-refractivity contribution in [2.24, 2.45) is 5.10 Å². The molecule has 0 bridgehead atoms. The lowest BCUT2D eigenvalue weighted by molar-refractivity contribution is -0.384. The van der Waals surface area contributed by atoms with E-state index in [-0.39, 0.29) is 11.3 Å². The number of rotatable bonds is 7. The summed E-state index contributed by atoms with van der Waals surface area (Å²) < 4.78 is 6.71. The molecule has 0 aliphatic heterocycles. The molecule has 146 valence electrons. The van der Waals surface area contributed by atoms with Crippen LogP contribution < -0.4 is 10.2 Å². The molecule has 3 aromatic rings. The van der Waals surface area contributed by atoms with Crippen LogP contribution in [-0.2, 0) is 6.61 Å². The highest BCUT2D eigenvalue weighted by molar-refractivity contribution is 9.10. The lowest BCUT2D eigenvalue weighted by atomic mass is 10.2. The van der Waals surface area contributed by atoms with E-state index in [1.165, 1.54) is 30.5 Å². The second-order valence-corrected chi connectivity index (χ2v) is 6.88. The number of nitrogens with one attached hydrogen (secondary N) is 1. The van der Waals surface area contributed by atoms with Gasteiger partial charge in [0.25, 0.3) is 11.6 Å². The molecule has 0 spiro atoms. The Balaban J connectivity index is 1.66. The van der Waals surface area contributed by atoms with Crippen molar-refractivity contribution in [2.75, 3.05) is 0 Å². The number of halogens is 1. The summed E-state index contributed by atoms with van der Waals surface area (Å²) in [6, 6.07) is 20.5. The van der Waals surface area contributed by atoms with Crippen molar-refractivity contribution < 1.29 is 14.5 Å². The minimum atomic E-state index is -0.524. The van der Waals surface area contributed by atoms with Gasteiger partial charge in [-0.05, 0) is 35.9 Å². The molecule has 0 radical (unpaired) electrons. The highest BCUT2D eigenvalue weighted by atomic mass is 79.9. The largest absolute Gasteiger partial charge is 0.488 e. The summed E-state index contributed by atoms with van der Waals surface area (Å²) in [5.41, 5.74) is 4.30. The van der Waals surface area contributed by atoms with Crippen LogP contribution in [0.3, 0.4) is 0 Å². The maximum absolute atomic E-state index is 12.1. The summed E-state index contributed by atoms with van der Waals surface area (Å²) in [6.45, 7) is 0.401. The fourth-order valence-corrected chi connectivity index (χ4v) is 2.83. The number of nitro groups is 1. The van der Waals surface area contributed by atoms with Gasteiger partial charge in [0.2, 0.25) is 0 Å². The Morgan fingerprint density at radius 3 is 2.52 bits per heavy atom. The Morgan fingerprint density at radius 1 is 1.10 bits per heavy atom. The Morgan fingerprint density at radius 2 is 1.83 bits per heavy atom. The van der Waals surface area contributed by atoms with Crippen LogP contribution in [0.15, 0.2) is 82.4 Å². The first-order chi connectivity index (χ1) is 14.0. The summed E-state index contributed by atoms with van der Waals surface area (Å²) in [5, 5.41) is 14.7. The summed E-state index contributed by atoms with van der Waals surface area (Å²) in [6.07, 6.45) is 1.48. The van der Waals surface area contributed by atoms with Crippen LogP contribution in [0.5, 0.6) is 5.75 Å². The third kappa shape index (κ3) is 5.73. The maximum Gasteiger partial charge on any atom is 0.271 e. The third-order valence-electron chi connectivity index (χ3n) is 3.92. The van der Waals surface area contributed by atoms with E-state index in [0.717, 1.165) is 10.0 Å². The molecule has 0 aliphatic carbocycles. The molecule has 8 heteroatoms. The molecule has 0 unspecified atom stereocenters. The molecular formula is C21H16BrN3O4. The van der Waals surface area contributed by atoms with Gasteiger partial charge >= 0.3 is 0 Å². The number of nitro benzene ring substituents is 1. The third-order valence-corrected chi connectivity index (χ3v) is 4.41. The monoisotopic (exact) mass is 453 g/mol. The van der Waals surface area contributed by atoms with Crippen molar-refractivity contribution in [2.45, 2.75) is 6.61 Å². The molecule has 0 saturated heterocycles. The zero-order chi connectivity index (χ0) is 20.6. The molecule has 0 saturated carbocycles. The van der Waals surface area contributed by atoms with Gasteiger partial charge in [0, 0.05) is 27.7 Å². The van der Waals surface area contributed by atoms with Gasteiger partial charge in [-0.15, -0.1) is 0 Å². The van der Waals surface area contributed by atoms with E-state index < -0.39 is 10.8 Å². The van der Waals surface area contributed by atoms with Gasteiger partial charge in [-0.3, -0.25) is 14.9 Å². The quantitative estimate of drug-likeness (QED) is 0.318. The second kappa shape index (κ2) is 9.61. The fraction of sp³-hybridized carbons (Fsp3) is 0.0476.